The summed E-state index contributed by atoms with van der Waals surface area (Å²) >= 11 is 1.16. The van der Waals surface area contributed by atoms with Crippen LogP contribution in [0.3, 0.4) is 0 Å². The second-order valence-corrected chi connectivity index (χ2v) is 7.33. The van der Waals surface area contributed by atoms with Crippen molar-refractivity contribution in [3.8, 4) is 5.75 Å². The van der Waals surface area contributed by atoms with Crippen molar-refractivity contribution in [3.05, 3.63) is 93.6 Å². The average Bonchev–Trinajstić information content (AvgIpc) is 3.00. The molecule has 0 bridgehead atoms. The topological polar surface area (TPSA) is 60.3 Å². The Balaban J connectivity index is 1.54. The zero-order valence-electron chi connectivity index (χ0n) is 15.2. The molecule has 3 aromatic carbocycles. The van der Waals surface area contributed by atoms with Crippen molar-refractivity contribution in [1.29, 1.82) is 0 Å². The summed E-state index contributed by atoms with van der Waals surface area (Å²) in [5.41, 5.74) is 2.97. The predicted octanol–water partition coefficient (Wildman–Crippen LogP) is 4.43. The molecule has 1 N–H and O–H groups in total. The summed E-state index contributed by atoms with van der Waals surface area (Å²) < 4.78 is 8.30. The van der Waals surface area contributed by atoms with Gasteiger partial charge in [0.1, 0.15) is 12.4 Å². The number of amides is 1. The maximum atomic E-state index is 12.8. The number of fused-ring (bicyclic) bond motifs is 1. The number of nitrogens with one attached hydrogen (secondary N) is 1. The molecule has 0 unspecified atom stereocenters. The highest BCUT2D eigenvalue weighted by Gasteiger charge is 2.13. The van der Waals surface area contributed by atoms with Gasteiger partial charge >= 0.3 is 4.87 Å². The quantitative estimate of drug-likeness (QED) is 0.548. The Hall–Kier alpha value is -3.38. The number of carbonyl (C=O) groups excluding carboxylic acids is 1. The fourth-order valence-electron chi connectivity index (χ4n) is 2.93. The van der Waals surface area contributed by atoms with E-state index in [4.69, 9.17) is 4.74 Å². The Morgan fingerprint density at radius 1 is 1.04 bits per heavy atom. The van der Waals surface area contributed by atoms with Crippen molar-refractivity contribution < 1.29 is 9.53 Å². The van der Waals surface area contributed by atoms with Crippen LogP contribution in [0, 0.1) is 0 Å². The highest BCUT2D eigenvalue weighted by atomic mass is 32.1. The molecule has 4 aromatic rings. The fourth-order valence-corrected chi connectivity index (χ4v) is 3.84. The molecule has 1 amide bonds. The van der Waals surface area contributed by atoms with Gasteiger partial charge in [0.05, 0.1) is 15.8 Å². The van der Waals surface area contributed by atoms with Crippen LogP contribution in [0.5, 0.6) is 5.75 Å². The minimum atomic E-state index is -0.258. The van der Waals surface area contributed by atoms with Crippen LogP contribution in [0.25, 0.3) is 10.2 Å². The van der Waals surface area contributed by atoms with Crippen LogP contribution >= 0.6 is 11.3 Å². The maximum absolute atomic E-state index is 12.8. The van der Waals surface area contributed by atoms with Crippen molar-refractivity contribution in [2.75, 3.05) is 5.32 Å². The normalized spacial score (nSPS) is 10.8. The summed E-state index contributed by atoms with van der Waals surface area (Å²) in [7, 11) is 1.74. The number of hydrogen-bond donors (Lipinski definition) is 1. The fraction of sp³-hybridized carbons (Fsp3) is 0.0909. The van der Waals surface area contributed by atoms with Gasteiger partial charge in [0.2, 0.25) is 0 Å². The zero-order valence-corrected chi connectivity index (χ0v) is 16.0. The first-order valence-electron chi connectivity index (χ1n) is 8.78. The minimum absolute atomic E-state index is 0.0295. The van der Waals surface area contributed by atoms with Crippen LogP contribution in [-0.2, 0) is 13.7 Å². The predicted molar refractivity (Wildman–Crippen MR) is 112 cm³/mol. The van der Waals surface area contributed by atoms with Gasteiger partial charge in [-0.2, -0.15) is 0 Å². The van der Waals surface area contributed by atoms with E-state index in [0.717, 1.165) is 27.1 Å². The molecule has 28 heavy (non-hydrogen) atoms. The van der Waals surface area contributed by atoms with Crippen molar-refractivity contribution >= 4 is 33.1 Å². The molecule has 0 saturated heterocycles. The number of carbonyl (C=O) groups is 1. The van der Waals surface area contributed by atoms with Gasteiger partial charge < -0.3 is 14.6 Å². The Kier molecular flexibility index (Phi) is 4.95. The highest BCUT2D eigenvalue weighted by Crippen LogP contribution is 2.24. The van der Waals surface area contributed by atoms with E-state index in [1.807, 2.05) is 48.5 Å². The molecular weight excluding hydrogens is 372 g/mol. The molecule has 4 rings (SSSR count). The molecular formula is C22H18N2O3S. The van der Waals surface area contributed by atoms with Crippen LogP contribution in [0.1, 0.15) is 15.9 Å². The third-order valence-corrected chi connectivity index (χ3v) is 5.41. The first kappa shape index (κ1) is 18.0. The number of aromatic nitrogens is 1. The van der Waals surface area contributed by atoms with Crippen molar-refractivity contribution in [3.63, 3.8) is 0 Å². The lowest BCUT2D eigenvalue weighted by Gasteiger charge is -2.12. The van der Waals surface area contributed by atoms with E-state index < -0.39 is 0 Å². The molecule has 140 valence electrons. The molecule has 0 radical (unpaired) electrons. The first-order chi connectivity index (χ1) is 13.6. The van der Waals surface area contributed by atoms with Crippen LogP contribution in [0.2, 0.25) is 0 Å². The van der Waals surface area contributed by atoms with Crippen LogP contribution < -0.4 is 14.9 Å². The van der Waals surface area contributed by atoms with E-state index in [1.165, 1.54) is 0 Å². The van der Waals surface area contributed by atoms with Gasteiger partial charge in [-0.25, -0.2) is 0 Å². The number of hydrogen-bond acceptors (Lipinski definition) is 4. The molecule has 0 aliphatic rings. The van der Waals surface area contributed by atoms with Crippen LogP contribution in [-0.4, -0.2) is 10.5 Å². The molecule has 0 spiro atoms. The lowest BCUT2D eigenvalue weighted by atomic mass is 10.1. The van der Waals surface area contributed by atoms with Gasteiger partial charge in [-0.15, -0.1) is 0 Å². The number of ether oxygens (including phenoxy) is 1. The Morgan fingerprint density at radius 2 is 1.79 bits per heavy atom. The van der Waals surface area contributed by atoms with Gasteiger partial charge in [-0.1, -0.05) is 53.8 Å². The molecule has 0 aliphatic heterocycles. The third kappa shape index (κ3) is 3.68. The Morgan fingerprint density at radius 3 is 2.61 bits per heavy atom. The van der Waals surface area contributed by atoms with E-state index in [1.54, 1.807) is 35.9 Å². The largest absolute Gasteiger partial charge is 0.488 e. The van der Waals surface area contributed by atoms with E-state index in [0.29, 0.717) is 23.6 Å². The van der Waals surface area contributed by atoms with Crippen molar-refractivity contribution in [2.45, 2.75) is 6.61 Å². The summed E-state index contributed by atoms with van der Waals surface area (Å²) in [4.78, 5) is 24.6. The third-order valence-electron chi connectivity index (χ3n) is 4.42. The first-order valence-corrected chi connectivity index (χ1v) is 9.60. The van der Waals surface area contributed by atoms with E-state index >= 15 is 0 Å². The smallest absolute Gasteiger partial charge is 0.307 e. The molecule has 5 nitrogen and oxygen atoms in total. The summed E-state index contributed by atoms with van der Waals surface area (Å²) in [6.45, 7) is 0.384. The molecule has 0 atom stereocenters. The highest BCUT2D eigenvalue weighted by molar-refractivity contribution is 7.16. The number of aryl methyl sites for hydroxylation is 1. The van der Waals surface area contributed by atoms with E-state index in [2.05, 4.69) is 5.32 Å². The number of anilines is 1. The lowest BCUT2D eigenvalue weighted by Crippen LogP contribution is -2.13. The SMILES string of the molecule is Cn1c(=O)sc2cc(NC(=O)c3ccccc3OCc3ccccc3)ccc21. The molecule has 1 heterocycles. The van der Waals surface area contributed by atoms with Gasteiger partial charge in [0.25, 0.3) is 5.91 Å². The van der Waals surface area contributed by atoms with E-state index in [9.17, 15) is 9.59 Å². The van der Waals surface area contributed by atoms with Gasteiger partial charge in [-0.3, -0.25) is 9.59 Å². The molecule has 1 aromatic heterocycles. The molecule has 6 heteroatoms. The minimum Gasteiger partial charge on any atom is -0.488 e. The van der Waals surface area contributed by atoms with Crippen LogP contribution in [0.4, 0.5) is 5.69 Å². The second kappa shape index (κ2) is 7.70. The number of rotatable bonds is 5. The molecule has 0 saturated carbocycles. The number of nitrogens with zero attached hydrogens (tertiary/aromatic N) is 1. The lowest BCUT2D eigenvalue weighted by molar-refractivity contribution is 0.102. The van der Waals surface area contributed by atoms with Crippen molar-refractivity contribution in [1.82, 2.24) is 4.57 Å². The standard InChI is InChI=1S/C22H18N2O3S/c1-24-18-12-11-16(13-20(18)28-22(24)26)23-21(25)17-9-5-6-10-19(17)27-14-15-7-3-2-4-8-15/h2-13H,14H2,1H3,(H,23,25). The summed E-state index contributed by atoms with van der Waals surface area (Å²) in [6, 6.07) is 22.4. The average molecular weight is 390 g/mol. The molecule has 0 fully saturated rings. The Labute approximate surface area is 165 Å². The summed E-state index contributed by atoms with van der Waals surface area (Å²) in [5, 5.41) is 2.89. The van der Waals surface area contributed by atoms with Crippen LogP contribution in [0.15, 0.2) is 77.6 Å². The maximum Gasteiger partial charge on any atom is 0.307 e. The van der Waals surface area contributed by atoms with E-state index in [-0.39, 0.29) is 10.8 Å². The van der Waals surface area contributed by atoms with Gasteiger partial charge in [0.15, 0.2) is 0 Å². The number of para-hydroxylation sites is 1. The number of benzene rings is 3. The van der Waals surface area contributed by atoms with Crippen molar-refractivity contribution in [2.24, 2.45) is 7.05 Å². The summed E-state index contributed by atoms with van der Waals surface area (Å²) in [5.74, 6) is 0.264. The number of thiazole rings is 1. The summed E-state index contributed by atoms with van der Waals surface area (Å²) in [6.07, 6.45) is 0. The molecule has 0 aliphatic carbocycles. The van der Waals surface area contributed by atoms with Gasteiger partial charge in [-0.05, 0) is 35.9 Å². The zero-order chi connectivity index (χ0) is 19.5. The van der Waals surface area contributed by atoms with Gasteiger partial charge in [0, 0.05) is 12.7 Å². The Bertz CT molecular complexity index is 1200. The monoisotopic (exact) mass is 390 g/mol. The second-order valence-electron chi connectivity index (χ2n) is 6.33.